The van der Waals surface area contributed by atoms with E-state index in [1.165, 1.54) is 22.7 Å². The summed E-state index contributed by atoms with van der Waals surface area (Å²) in [7, 11) is 0. The van der Waals surface area contributed by atoms with Crippen molar-refractivity contribution < 1.29 is 4.39 Å². The van der Waals surface area contributed by atoms with Crippen LogP contribution in [-0.2, 0) is 13.0 Å². The fourth-order valence-electron chi connectivity index (χ4n) is 3.21. The van der Waals surface area contributed by atoms with Gasteiger partial charge in [0.15, 0.2) is 5.96 Å². The van der Waals surface area contributed by atoms with Crippen molar-refractivity contribution in [2.24, 2.45) is 4.99 Å². The molecule has 0 radical (unpaired) electrons. The Balaban J connectivity index is 1.65. The molecular weight excluding hydrogens is 353 g/mol. The van der Waals surface area contributed by atoms with Crippen LogP contribution in [0.2, 0.25) is 0 Å². The van der Waals surface area contributed by atoms with Gasteiger partial charge in [0.25, 0.3) is 0 Å². The topological polar surface area (TPSA) is 76.0 Å². The predicted octanol–water partition coefficient (Wildman–Crippen LogP) is 3.78. The molecule has 0 aliphatic heterocycles. The third-order valence-electron chi connectivity index (χ3n) is 4.63. The molecule has 0 aliphatic rings. The van der Waals surface area contributed by atoms with E-state index in [1.807, 2.05) is 25.1 Å². The van der Waals surface area contributed by atoms with E-state index < -0.39 is 5.82 Å². The maximum atomic E-state index is 14.0. The van der Waals surface area contributed by atoms with Crippen LogP contribution in [0.4, 0.5) is 4.39 Å². The van der Waals surface area contributed by atoms with Crippen LogP contribution in [0.15, 0.2) is 47.5 Å². The lowest BCUT2D eigenvalue weighted by molar-refractivity contribution is 0.609. The average Bonchev–Trinajstić information content (AvgIpc) is 3.02. The van der Waals surface area contributed by atoms with E-state index in [1.54, 1.807) is 12.1 Å². The lowest BCUT2D eigenvalue weighted by atomic mass is 10.1. The molecule has 0 saturated carbocycles. The van der Waals surface area contributed by atoms with Crippen LogP contribution in [-0.4, -0.2) is 24.0 Å². The summed E-state index contributed by atoms with van der Waals surface area (Å²) in [6.45, 7) is 5.71. The summed E-state index contributed by atoms with van der Waals surface area (Å²) in [5.74, 6) is 0.233. The second-order valence-electron chi connectivity index (χ2n) is 6.56. The Kier molecular flexibility index (Phi) is 6.28. The van der Waals surface area contributed by atoms with Crippen molar-refractivity contribution in [3.05, 3.63) is 70.7 Å². The third kappa shape index (κ3) is 4.49. The van der Waals surface area contributed by atoms with E-state index in [4.69, 9.17) is 5.26 Å². The molecule has 2 aromatic carbocycles. The molecule has 3 rings (SSSR count). The highest BCUT2D eigenvalue weighted by molar-refractivity contribution is 5.84. The first-order valence-corrected chi connectivity index (χ1v) is 9.39. The first-order chi connectivity index (χ1) is 13.6. The normalized spacial score (nSPS) is 11.4. The number of nitriles is 1. The number of fused-ring (bicyclic) bond motifs is 1. The second-order valence-corrected chi connectivity index (χ2v) is 6.56. The summed E-state index contributed by atoms with van der Waals surface area (Å²) in [4.78, 5) is 7.88. The van der Waals surface area contributed by atoms with Crippen molar-refractivity contribution in [1.29, 1.82) is 5.26 Å². The molecule has 0 fully saturated rings. The summed E-state index contributed by atoms with van der Waals surface area (Å²) < 4.78 is 14.0. The van der Waals surface area contributed by atoms with Gasteiger partial charge >= 0.3 is 0 Å². The number of nitrogens with one attached hydrogen (secondary N) is 3. The zero-order chi connectivity index (χ0) is 19.9. The van der Waals surface area contributed by atoms with Crippen molar-refractivity contribution in [2.45, 2.75) is 26.8 Å². The molecule has 0 bridgehead atoms. The number of aliphatic imine (C=N–C) groups is 1. The van der Waals surface area contributed by atoms with Gasteiger partial charge in [-0.25, -0.2) is 9.38 Å². The average molecular weight is 377 g/mol. The smallest absolute Gasteiger partial charge is 0.191 e. The van der Waals surface area contributed by atoms with Crippen molar-refractivity contribution in [1.82, 2.24) is 15.6 Å². The summed E-state index contributed by atoms with van der Waals surface area (Å²) in [5, 5.41) is 16.6. The number of hydrogen-bond acceptors (Lipinski definition) is 2. The molecule has 0 atom stereocenters. The maximum absolute atomic E-state index is 14.0. The highest BCUT2D eigenvalue weighted by atomic mass is 19.1. The molecular formula is C22H24FN5. The van der Waals surface area contributed by atoms with E-state index in [9.17, 15) is 4.39 Å². The number of benzene rings is 2. The number of nitrogens with zero attached hydrogens (tertiary/aromatic N) is 2. The molecule has 0 spiro atoms. The number of aromatic nitrogens is 1. The number of H-pyrrole nitrogens is 1. The zero-order valence-electron chi connectivity index (χ0n) is 16.1. The van der Waals surface area contributed by atoms with Crippen molar-refractivity contribution in [2.75, 3.05) is 13.1 Å². The van der Waals surface area contributed by atoms with Gasteiger partial charge in [-0.3, -0.25) is 0 Å². The van der Waals surface area contributed by atoms with Crippen LogP contribution < -0.4 is 10.6 Å². The van der Waals surface area contributed by atoms with E-state index in [-0.39, 0.29) is 6.54 Å². The SMILES string of the molecule is CCNC(=NCc1ccc(C#N)cc1F)NCCc1c(C)[nH]c2ccccc12. The molecule has 0 aliphatic carbocycles. The van der Waals surface area contributed by atoms with Gasteiger partial charge in [0, 0.05) is 35.2 Å². The first-order valence-electron chi connectivity index (χ1n) is 9.39. The van der Waals surface area contributed by atoms with E-state index in [0.717, 1.165) is 11.9 Å². The number of aryl methyl sites for hydroxylation is 1. The summed E-state index contributed by atoms with van der Waals surface area (Å²) in [6.07, 6.45) is 0.853. The monoisotopic (exact) mass is 377 g/mol. The van der Waals surface area contributed by atoms with Gasteiger partial charge in [-0.1, -0.05) is 24.3 Å². The quantitative estimate of drug-likeness (QED) is 0.452. The highest BCUT2D eigenvalue weighted by Gasteiger charge is 2.08. The van der Waals surface area contributed by atoms with Crippen molar-refractivity contribution in [3.8, 4) is 6.07 Å². The van der Waals surface area contributed by atoms with Gasteiger partial charge in [-0.05, 0) is 44.0 Å². The maximum Gasteiger partial charge on any atom is 0.191 e. The van der Waals surface area contributed by atoms with Crippen molar-refractivity contribution in [3.63, 3.8) is 0 Å². The Labute approximate surface area is 164 Å². The van der Waals surface area contributed by atoms with Gasteiger partial charge in [0.1, 0.15) is 5.82 Å². The summed E-state index contributed by atoms with van der Waals surface area (Å²) >= 11 is 0. The van der Waals surface area contributed by atoms with Crippen LogP contribution in [0.25, 0.3) is 10.9 Å². The number of para-hydroxylation sites is 1. The standard InChI is InChI=1S/C22H24FN5/c1-3-25-22(27-14-17-9-8-16(13-24)12-20(17)23)26-11-10-18-15(2)28-21-7-5-4-6-19(18)21/h4-9,12,28H,3,10-11,14H2,1-2H3,(H2,25,26,27). The van der Waals surface area contributed by atoms with Crippen LogP contribution in [0.3, 0.4) is 0 Å². The fourth-order valence-corrected chi connectivity index (χ4v) is 3.21. The summed E-state index contributed by atoms with van der Waals surface area (Å²) in [5.41, 5.74) is 4.38. The molecule has 0 amide bonds. The molecule has 0 saturated heterocycles. The van der Waals surface area contributed by atoms with Gasteiger partial charge in [0.05, 0.1) is 18.2 Å². The lowest BCUT2D eigenvalue weighted by Gasteiger charge is -2.12. The Hall–Kier alpha value is -3.33. The Morgan fingerprint density at radius 2 is 2.04 bits per heavy atom. The third-order valence-corrected chi connectivity index (χ3v) is 4.63. The number of guanidine groups is 1. The van der Waals surface area contributed by atoms with Gasteiger partial charge in [-0.2, -0.15) is 5.26 Å². The molecule has 28 heavy (non-hydrogen) atoms. The van der Waals surface area contributed by atoms with E-state index in [0.29, 0.717) is 30.2 Å². The van der Waals surface area contributed by atoms with Gasteiger partial charge in [0.2, 0.25) is 0 Å². The molecule has 3 N–H and O–H groups in total. The fraction of sp³-hybridized carbons (Fsp3) is 0.273. The predicted molar refractivity (Wildman–Crippen MR) is 111 cm³/mol. The molecule has 144 valence electrons. The number of halogens is 1. The minimum Gasteiger partial charge on any atom is -0.358 e. The van der Waals surface area contributed by atoms with Gasteiger partial charge in [-0.15, -0.1) is 0 Å². The number of rotatable bonds is 6. The largest absolute Gasteiger partial charge is 0.358 e. The molecule has 5 nitrogen and oxygen atoms in total. The lowest BCUT2D eigenvalue weighted by Crippen LogP contribution is -2.38. The minimum atomic E-state index is -0.409. The Bertz CT molecular complexity index is 1030. The Morgan fingerprint density at radius 1 is 1.21 bits per heavy atom. The minimum absolute atomic E-state index is 0.207. The zero-order valence-corrected chi connectivity index (χ0v) is 16.1. The van der Waals surface area contributed by atoms with Crippen LogP contribution in [0.1, 0.15) is 29.3 Å². The summed E-state index contributed by atoms with van der Waals surface area (Å²) in [6, 6.07) is 14.7. The van der Waals surface area contributed by atoms with Gasteiger partial charge < -0.3 is 15.6 Å². The molecule has 6 heteroatoms. The molecule has 1 heterocycles. The Morgan fingerprint density at radius 3 is 2.79 bits per heavy atom. The molecule has 1 aromatic heterocycles. The van der Waals surface area contributed by atoms with E-state index >= 15 is 0 Å². The number of hydrogen-bond donors (Lipinski definition) is 3. The molecule has 3 aromatic rings. The number of aromatic amines is 1. The molecule has 0 unspecified atom stereocenters. The van der Waals surface area contributed by atoms with Crippen LogP contribution in [0.5, 0.6) is 0 Å². The van der Waals surface area contributed by atoms with Crippen molar-refractivity contribution >= 4 is 16.9 Å². The first kappa shape index (κ1) is 19.4. The van der Waals surface area contributed by atoms with E-state index in [2.05, 4.69) is 39.7 Å². The van der Waals surface area contributed by atoms with Crippen LogP contribution >= 0.6 is 0 Å². The second kappa shape index (κ2) is 9.05. The van der Waals surface area contributed by atoms with Crippen LogP contribution in [0, 0.1) is 24.1 Å². The highest BCUT2D eigenvalue weighted by Crippen LogP contribution is 2.21.